The number of nitrogens with zero attached hydrogens (tertiary/aromatic N) is 4. The van der Waals surface area contributed by atoms with Gasteiger partial charge in [-0.25, -0.2) is 9.97 Å². The average Bonchev–Trinajstić information content (AvgIpc) is 3.09. The van der Waals surface area contributed by atoms with Crippen LogP contribution in [0.15, 0.2) is 36.9 Å². The van der Waals surface area contributed by atoms with E-state index in [1.165, 1.54) is 0 Å². The molecule has 0 saturated heterocycles. The van der Waals surface area contributed by atoms with Crippen molar-refractivity contribution < 1.29 is 0 Å². The van der Waals surface area contributed by atoms with Crippen LogP contribution in [0.5, 0.6) is 0 Å². The molecule has 6 heteroatoms. The first-order chi connectivity index (χ1) is 9.69. The predicted molar refractivity (Wildman–Crippen MR) is 84.1 cm³/mol. The molecule has 0 amide bonds. The fraction of sp³-hybridized carbons (Fsp3) is 0.143. The van der Waals surface area contributed by atoms with E-state index in [0.29, 0.717) is 0 Å². The van der Waals surface area contributed by atoms with E-state index in [2.05, 4.69) is 24.5 Å². The molecule has 0 aliphatic rings. The maximum Gasteiger partial charge on any atom is 0.155 e. The van der Waals surface area contributed by atoms with Crippen molar-refractivity contribution in [2.45, 2.75) is 0 Å². The largest absolute Gasteiger partial charge is 0.357 e. The van der Waals surface area contributed by atoms with E-state index in [-0.39, 0.29) is 0 Å². The molecule has 0 fully saturated rings. The highest BCUT2D eigenvalue weighted by Crippen LogP contribution is 2.36. The Bertz CT molecular complexity index is 792. The molecule has 20 heavy (non-hydrogen) atoms. The SMILES string of the molecule is Cn1ccc(-c2nc3sc(-c4ccn(C)c4)nc3s2)c1. The van der Waals surface area contributed by atoms with Crippen molar-refractivity contribution >= 4 is 32.3 Å². The number of aromatic nitrogens is 4. The fourth-order valence-electron chi connectivity index (χ4n) is 2.15. The molecule has 0 aromatic carbocycles. The number of thiazole rings is 2. The van der Waals surface area contributed by atoms with E-state index >= 15 is 0 Å². The van der Waals surface area contributed by atoms with Gasteiger partial charge in [0.1, 0.15) is 10.0 Å². The highest BCUT2D eigenvalue weighted by Gasteiger charge is 2.13. The lowest BCUT2D eigenvalue weighted by Gasteiger charge is -1.90. The Morgan fingerprint density at radius 1 is 0.800 bits per heavy atom. The molecule has 4 aromatic rings. The van der Waals surface area contributed by atoms with Gasteiger partial charge < -0.3 is 9.13 Å². The molecule has 0 bridgehead atoms. The summed E-state index contributed by atoms with van der Waals surface area (Å²) in [4.78, 5) is 11.4. The van der Waals surface area contributed by atoms with Crippen molar-refractivity contribution in [1.82, 2.24) is 19.1 Å². The Kier molecular flexibility index (Phi) is 2.55. The van der Waals surface area contributed by atoms with Gasteiger partial charge in [0.25, 0.3) is 0 Å². The summed E-state index contributed by atoms with van der Waals surface area (Å²) in [7, 11) is 4.04. The molecule has 100 valence electrons. The van der Waals surface area contributed by atoms with Gasteiger partial charge in [-0.15, -0.1) is 0 Å². The van der Waals surface area contributed by atoms with Gasteiger partial charge in [0.05, 0.1) is 0 Å². The first-order valence-corrected chi connectivity index (χ1v) is 7.84. The summed E-state index contributed by atoms with van der Waals surface area (Å²) >= 11 is 3.31. The monoisotopic (exact) mass is 300 g/mol. The van der Waals surface area contributed by atoms with Gasteiger partial charge in [-0.1, -0.05) is 22.7 Å². The van der Waals surface area contributed by atoms with Crippen molar-refractivity contribution in [3.63, 3.8) is 0 Å². The summed E-state index contributed by atoms with van der Waals surface area (Å²) in [5.41, 5.74) is 2.31. The maximum atomic E-state index is 4.70. The van der Waals surface area contributed by atoms with Crippen LogP contribution >= 0.6 is 22.7 Å². The van der Waals surface area contributed by atoms with E-state index in [4.69, 9.17) is 9.97 Å². The summed E-state index contributed by atoms with van der Waals surface area (Å²) in [6.45, 7) is 0. The van der Waals surface area contributed by atoms with Crippen LogP contribution in [0.25, 0.3) is 30.8 Å². The van der Waals surface area contributed by atoms with Gasteiger partial charge >= 0.3 is 0 Å². The lowest BCUT2D eigenvalue weighted by atomic mass is 10.4. The Hall–Kier alpha value is -1.92. The molecular formula is C14H12N4S2. The third-order valence-electron chi connectivity index (χ3n) is 3.13. The number of hydrogen-bond acceptors (Lipinski definition) is 4. The van der Waals surface area contributed by atoms with Gasteiger partial charge in [0.2, 0.25) is 0 Å². The van der Waals surface area contributed by atoms with Crippen LogP contribution in [0, 0.1) is 0 Å². The van der Waals surface area contributed by atoms with Gasteiger partial charge in [0.15, 0.2) is 9.66 Å². The van der Waals surface area contributed by atoms with Crippen molar-refractivity contribution in [2.75, 3.05) is 0 Å². The quantitative estimate of drug-likeness (QED) is 0.565. The molecule has 4 aromatic heterocycles. The maximum absolute atomic E-state index is 4.70. The second-order valence-corrected chi connectivity index (χ2v) is 6.73. The zero-order chi connectivity index (χ0) is 13.7. The van der Waals surface area contributed by atoms with Gasteiger partial charge in [-0.05, 0) is 12.1 Å². The van der Waals surface area contributed by atoms with E-state index < -0.39 is 0 Å². The van der Waals surface area contributed by atoms with E-state index in [1.54, 1.807) is 22.7 Å². The molecule has 0 aliphatic heterocycles. The van der Waals surface area contributed by atoms with Gasteiger partial charge in [0, 0.05) is 50.0 Å². The Morgan fingerprint density at radius 3 is 1.60 bits per heavy atom. The van der Waals surface area contributed by atoms with Crippen LogP contribution in [-0.2, 0) is 14.1 Å². The van der Waals surface area contributed by atoms with Crippen molar-refractivity contribution in [3.05, 3.63) is 36.9 Å². The zero-order valence-corrected chi connectivity index (χ0v) is 12.7. The first kappa shape index (κ1) is 11.9. The smallest absolute Gasteiger partial charge is 0.155 e. The minimum absolute atomic E-state index is 1.02. The number of fused-ring (bicyclic) bond motifs is 1. The molecule has 4 heterocycles. The van der Waals surface area contributed by atoms with Crippen molar-refractivity contribution in [2.24, 2.45) is 14.1 Å². The third-order valence-corrected chi connectivity index (χ3v) is 5.26. The summed E-state index contributed by atoms with van der Waals surface area (Å²) in [5, 5.41) is 2.08. The minimum atomic E-state index is 1.02. The molecule has 0 spiro atoms. The molecule has 0 radical (unpaired) electrons. The molecule has 0 aliphatic carbocycles. The Labute approximate surface area is 124 Å². The second-order valence-electron chi connectivity index (χ2n) is 4.78. The molecule has 0 N–H and O–H groups in total. The van der Waals surface area contributed by atoms with Crippen LogP contribution < -0.4 is 0 Å². The average molecular weight is 300 g/mol. The summed E-state index contributed by atoms with van der Waals surface area (Å²) < 4.78 is 4.07. The van der Waals surface area contributed by atoms with E-state index in [9.17, 15) is 0 Å². The van der Waals surface area contributed by atoms with Crippen LogP contribution in [0.4, 0.5) is 0 Å². The van der Waals surface area contributed by atoms with Crippen LogP contribution in [0.2, 0.25) is 0 Å². The first-order valence-electron chi connectivity index (χ1n) is 6.21. The van der Waals surface area contributed by atoms with E-state index in [1.807, 2.05) is 35.6 Å². The highest BCUT2D eigenvalue weighted by molar-refractivity contribution is 7.29. The Balaban J connectivity index is 1.77. The standard InChI is InChI=1S/C14H12N4S2/c1-17-5-3-9(7-17)11-15-13-14(19-11)16-12(20-13)10-4-6-18(2)8-10/h3-8H,1-2H3. The number of aryl methyl sites for hydroxylation is 2. The summed E-state index contributed by atoms with van der Waals surface area (Å²) in [6.07, 6.45) is 8.24. The zero-order valence-electron chi connectivity index (χ0n) is 11.1. The third kappa shape index (κ3) is 1.88. The molecule has 0 atom stereocenters. The molecular weight excluding hydrogens is 288 g/mol. The topological polar surface area (TPSA) is 35.6 Å². The lowest BCUT2D eigenvalue weighted by Crippen LogP contribution is -1.78. The normalized spacial score (nSPS) is 11.5. The van der Waals surface area contributed by atoms with E-state index in [0.717, 1.165) is 30.8 Å². The van der Waals surface area contributed by atoms with Gasteiger partial charge in [-0.3, -0.25) is 0 Å². The molecule has 0 unspecified atom stereocenters. The molecule has 4 rings (SSSR count). The summed E-state index contributed by atoms with van der Waals surface area (Å²) in [6, 6.07) is 4.17. The second kappa shape index (κ2) is 4.29. The fourth-order valence-corrected chi connectivity index (χ4v) is 4.17. The molecule has 0 saturated carbocycles. The Morgan fingerprint density at radius 2 is 1.25 bits per heavy atom. The molecule has 4 nitrogen and oxygen atoms in total. The van der Waals surface area contributed by atoms with Crippen LogP contribution in [0.3, 0.4) is 0 Å². The predicted octanol–water partition coefficient (Wildman–Crippen LogP) is 3.76. The minimum Gasteiger partial charge on any atom is -0.357 e. The number of hydrogen-bond donors (Lipinski definition) is 0. The van der Waals surface area contributed by atoms with Crippen LogP contribution in [-0.4, -0.2) is 19.1 Å². The highest BCUT2D eigenvalue weighted by atomic mass is 32.1. The van der Waals surface area contributed by atoms with Gasteiger partial charge in [-0.2, -0.15) is 0 Å². The van der Waals surface area contributed by atoms with Crippen molar-refractivity contribution in [1.29, 1.82) is 0 Å². The number of rotatable bonds is 2. The van der Waals surface area contributed by atoms with Crippen LogP contribution in [0.1, 0.15) is 0 Å². The summed E-state index contributed by atoms with van der Waals surface area (Å²) in [5.74, 6) is 0. The lowest BCUT2D eigenvalue weighted by molar-refractivity contribution is 0.928. The van der Waals surface area contributed by atoms with Crippen molar-refractivity contribution in [3.8, 4) is 21.1 Å².